The van der Waals surface area contributed by atoms with Gasteiger partial charge in [0.2, 0.25) is 0 Å². The van der Waals surface area contributed by atoms with E-state index >= 15 is 0 Å². The lowest BCUT2D eigenvalue weighted by molar-refractivity contribution is 0.0597. The summed E-state index contributed by atoms with van der Waals surface area (Å²) < 4.78 is 6.37. The third-order valence-corrected chi connectivity index (χ3v) is 5.09. The number of aromatic nitrogens is 3. The first-order valence-electron chi connectivity index (χ1n) is 8.51. The number of hydrogen-bond donors (Lipinski definition) is 0. The van der Waals surface area contributed by atoms with E-state index in [0.29, 0.717) is 34.9 Å². The molecule has 0 saturated carbocycles. The average Bonchev–Trinajstić information content (AvgIpc) is 3.10. The maximum atomic E-state index is 13.0. The highest BCUT2D eigenvalue weighted by atomic mass is 35.5. The summed E-state index contributed by atoms with van der Waals surface area (Å²) in [6.07, 6.45) is 3.70. The van der Waals surface area contributed by atoms with Crippen molar-refractivity contribution >= 4 is 29.1 Å². The molecule has 0 spiro atoms. The molecule has 0 saturated heterocycles. The summed E-state index contributed by atoms with van der Waals surface area (Å²) in [5.74, 6) is -0.541. The number of carbonyl (C=O) groups excluding carboxylic acids is 2. The van der Waals surface area contributed by atoms with E-state index in [4.69, 9.17) is 16.3 Å². The maximum Gasteiger partial charge on any atom is 0.338 e. The molecule has 1 unspecified atom stereocenters. The zero-order valence-corrected chi connectivity index (χ0v) is 15.6. The minimum Gasteiger partial charge on any atom is -0.465 e. The molecule has 0 radical (unpaired) electrons. The van der Waals surface area contributed by atoms with Gasteiger partial charge in [0, 0.05) is 18.8 Å². The molecule has 1 aliphatic heterocycles. The van der Waals surface area contributed by atoms with Gasteiger partial charge in [0.25, 0.3) is 5.91 Å². The molecular weight excluding hydrogens is 368 g/mol. The van der Waals surface area contributed by atoms with Gasteiger partial charge in [-0.05, 0) is 30.5 Å². The van der Waals surface area contributed by atoms with E-state index in [1.54, 1.807) is 23.2 Å². The highest BCUT2D eigenvalue weighted by Crippen LogP contribution is 2.32. The van der Waals surface area contributed by atoms with Crippen molar-refractivity contribution in [3.63, 3.8) is 0 Å². The van der Waals surface area contributed by atoms with Gasteiger partial charge < -0.3 is 9.64 Å². The Kier molecular flexibility index (Phi) is 4.31. The van der Waals surface area contributed by atoms with Gasteiger partial charge in [-0.1, -0.05) is 23.7 Å². The van der Waals surface area contributed by atoms with Crippen LogP contribution in [0.4, 0.5) is 0 Å². The van der Waals surface area contributed by atoms with Crippen LogP contribution in [0, 0.1) is 0 Å². The molecule has 27 heavy (non-hydrogen) atoms. The van der Waals surface area contributed by atoms with Gasteiger partial charge in [-0.25, -0.2) is 14.3 Å². The van der Waals surface area contributed by atoms with Crippen LogP contribution in [0.15, 0.2) is 36.7 Å². The molecule has 0 aliphatic carbocycles. The molecule has 4 rings (SSSR count). The molecule has 3 heterocycles. The summed E-state index contributed by atoms with van der Waals surface area (Å²) >= 11 is 5.93. The van der Waals surface area contributed by atoms with Gasteiger partial charge in [-0.2, -0.15) is 5.10 Å². The van der Waals surface area contributed by atoms with Crippen molar-refractivity contribution in [1.82, 2.24) is 19.5 Å². The molecule has 2 aromatic heterocycles. The Morgan fingerprint density at radius 1 is 1.33 bits per heavy atom. The van der Waals surface area contributed by atoms with Gasteiger partial charge in [0.1, 0.15) is 0 Å². The molecule has 0 fully saturated rings. The lowest BCUT2D eigenvalue weighted by Crippen LogP contribution is -2.39. The normalized spacial score (nSPS) is 16.3. The number of esters is 1. The molecule has 0 N–H and O–H groups in total. The van der Waals surface area contributed by atoms with Crippen molar-refractivity contribution < 1.29 is 14.3 Å². The van der Waals surface area contributed by atoms with Crippen LogP contribution in [0.2, 0.25) is 5.02 Å². The molecular formula is C19H17ClN4O3. The quantitative estimate of drug-likeness (QED) is 0.635. The summed E-state index contributed by atoms with van der Waals surface area (Å²) in [6, 6.07) is 6.97. The zero-order valence-electron chi connectivity index (χ0n) is 14.8. The molecule has 7 nitrogen and oxygen atoms in total. The monoisotopic (exact) mass is 384 g/mol. The van der Waals surface area contributed by atoms with E-state index in [0.717, 1.165) is 11.1 Å². The first kappa shape index (κ1) is 17.5. The van der Waals surface area contributed by atoms with Gasteiger partial charge in [0.05, 0.1) is 29.9 Å². The minimum absolute atomic E-state index is 0.182. The standard InChI is InChI=1S/C19H17ClN4O3/c1-11-13-4-3-5-15(19(26)27-2)14(13)6-7-23(11)18(25)16-8-17-21-9-12(20)10-24(17)22-16/h3-5,8-11H,6-7H2,1-2H3. The molecule has 1 amide bonds. The van der Waals surface area contributed by atoms with E-state index in [-0.39, 0.29) is 17.9 Å². The lowest BCUT2D eigenvalue weighted by atomic mass is 9.89. The Morgan fingerprint density at radius 2 is 2.15 bits per heavy atom. The summed E-state index contributed by atoms with van der Waals surface area (Å²) in [5.41, 5.74) is 3.30. The van der Waals surface area contributed by atoms with Crippen molar-refractivity contribution in [2.75, 3.05) is 13.7 Å². The van der Waals surface area contributed by atoms with Crippen molar-refractivity contribution in [2.45, 2.75) is 19.4 Å². The summed E-state index contributed by atoms with van der Waals surface area (Å²) in [6.45, 7) is 2.44. The molecule has 138 valence electrons. The third kappa shape index (κ3) is 2.94. The van der Waals surface area contributed by atoms with Crippen LogP contribution in [-0.2, 0) is 11.2 Å². The summed E-state index contributed by atoms with van der Waals surface area (Å²) in [7, 11) is 1.37. The van der Waals surface area contributed by atoms with E-state index in [2.05, 4.69) is 10.1 Å². The highest BCUT2D eigenvalue weighted by molar-refractivity contribution is 6.30. The topological polar surface area (TPSA) is 76.8 Å². The van der Waals surface area contributed by atoms with E-state index in [9.17, 15) is 9.59 Å². The summed E-state index contributed by atoms with van der Waals surface area (Å²) in [4.78, 5) is 31.0. The molecule has 1 atom stereocenters. The van der Waals surface area contributed by atoms with Crippen molar-refractivity contribution in [3.05, 3.63) is 64.1 Å². The number of ether oxygens (including phenoxy) is 1. The SMILES string of the molecule is COC(=O)c1cccc2c1CCN(C(=O)c1cc3ncc(Cl)cn3n1)C2C. The van der Waals surface area contributed by atoms with E-state index < -0.39 is 0 Å². The van der Waals surface area contributed by atoms with Gasteiger partial charge in [0.15, 0.2) is 11.3 Å². The smallest absolute Gasteiger partial charge is 0.338 e. The van der Waals surface area contributed by atoms with Crippen LogP contribution in [0.1, 0.15) is 44.9 Å². The summed E-state index contributed by atoms with van der Waals surface area (Å²) in [5, 5.41) is 4.75. The maximum absolute atomic E-state index is 13.0. The second-order valence-corrected chi connectivity index (χ2v) is 6.83. The Morgan fingerprint density at radius 3 is 2.93 bits per heavy atom. The van der Waals surface area contributed by atoms with Crippen molar-refractivity contribution in [1.29, 1.82) is 0 Å². The zero-order chi connectivity index (χ0) is 19.1. The molecule has 1 aromatic carbocycles. The average molecular weight is 385 g/mol. The first-order chi connectivity index (χ1) is 13.0. The molecule has 0 bridgehead atoms. The number of hydrogen-bond acceptors (Lipinski definition) is 5. The van der Waals surface area contributed by atoms with Crippen LogP contribution in [-0.4, -0.2) is 45.0 Å². The fourth-order valence-electron chi connectivity index (χ4n) is 3.55. The number of benzene rings is 1. The fourth-order valence-corrected chi connectivity index (χ4v) is 3.69. The third-order valence-electron chi connectivity index (χ3n) is 4.90. The van der Waals surface area contributed by atoms with Crippen LogP contribution < -0.4 is 0 Å². The predicted molar refractivity (Wildman–Crippen MR) is 98.9 cm³/mol. The van der Waals surface area contributed by atoms with E-state index in [1.165, 1.54) is 17.8 Å². The lowest BCUT2D eigenvalue weighted by Gasteiger charge is -2.35. The van der Waals surface area contributed by atoms with Gasteiger partial charge >= 0.3 is 5.97 Å². The number of carbonyl (C=O) groups is 2. The second-order valence-electron chi connectivity index (χ2n) is 6.39. The van der Waals surface area contributed by atoms with Crippen LogP contribution in [0.25, 0.3) is 5.65 Å². The fraction of sp³-hybridized carbons (Fsp3) is 0.263. The predicted octanol–water partition coefficient (Wildman–Crippen LogP) is 2.93. The number of halogens is 1. The highest BCUT2D eigenvalue weighted by Gasteiger charge is 2.31. The van der Waals surface area contributed by atoms with Crippen LogP contribution in [0.3, 0.4) is 0 Å². The van der Waals surface area contributed by atoms with Crippen LogP contribution >= 0.6 is 11.6 Å². The van der Waals surface area contributed by atoms with Crippen LogP contribution in [0.5, 0.6) is 0 Å². The van der Waals surface area contributed by atoms with E-state index in [1.807, 2.05) is 19.1 Å². The molecule has 8 heteroatoms. The van der Waals surface area contributed by atoms with Crippen molar-refractivity contribution in [2.24, 2.45) is 0 Å². The van der Waals surface area contributed by atoms with Crippen molar-refractivity contribution in [3.8, 4) is 0 Å². The first-order valence-corrected chi connectivity index (χ1v) is 8.89. The number of nitrogens with zero attached hydrogens (tertiary/aromatic N) is 4. The number of methoxy groups -OCH3 is 1. The number of rotatable bonds is 2. The Hall–Kier alpha value is -2.93. The van der Waals surface area contributed by atoms with Gasteiger partial charge in [-0.15, -0.1) is 0 Å². The number of fused-ring (bicyclic) bond motifs is 2. The Balaban J connectivity index is 1.67. The Labute approximate surface area is 160 Å². The number of amides is 1. The minimum atomic E-state index is -0.359. The largest absolute Gasteiger partial charge is 0.465 e. The molecule has 1 aliphatic rings. The molecule has 3 aromatic rings. The van der Waals surface area contributed by atoms with Gasteiger partial charge in [-0.3, -0.25) is 4.79 Å². The second kappa shape index (κ2) is 6.66. The Bertz CT molecular complexity index is 1060.